The quantitative estimate of drug-likeness (QED) is 0.287. The van der Waals surface area contributed by atoms with Crippen molar-refractivity contribution in [3.63, 3.8) is 0 Å². The van der Waals surface area contributed by atoms with Gasteiger partial charge in [0.05, 0.1) is 22.1 Å². The van der Waals surface area contributed by atoms with Gasteiger partial charge in [0.15, 0.2) is 0 Å². The van der Waals surface area contributed by atoms with Crippen LogP contribution in [0.4, 0.5) is 0 Å². The summed E-state index contributed by atoms with van der Waals surface area (Å²) < 4.78 is 6.20. The highest BCUT2D eigenvalue weighted by Gasteiger charge is 2.10. The van der Waals surface area contributed by atoms with Crippen molar-refractivity contribution in [2.45, 2.75) is 0 Å². The van der Waals surface area contributed by atoms with Gasteiger partial charge in [0.2, 0.25) is 0 Å². The second-order valence-corrected chi connectivity index (χ2v) is 8.52. The molecule has 0 atom stereocenters. The minimum atomic E-state index is 0.831. The van der Waals surface area contributed by atoms with Crippen LogP contribution in [0.25, 0.3) is 67.5 Å². The summed E-state index contributed by atoms with van der Waals surface area (Å²) in [6.45, 7) is 0. The lowest BCUT2D eigenvalue weighted by Gasteiger charge is -2.02. The van der Waals surface area contributed by atoms with E-state index in [1.54, 1.807) is 0 Å². The fraction of sp³-hybridized carbons (Fsp3) is 0. The fourth-order valence-corrected chi connectivity index (χ4v) is 4.41. The van der Waals surface area contributed by atoms with Crippen LogP contribution in [-0.4, -0.2) is 19.9 Å². The number of imidazole rings is 2. The smallest absolute Gasteiger partial charge is 0.138 e. The molecule has 0 radical (unpaired) electrons. The maximum Gasteiger partial charge on any atom is 0.138 e. The van der Waals surface area contributed by atoms with E-state index in [2.05, 4.69) is 68.5 Å². The van der Waals surface area contributed by atoms with E-state index < -0.39 is 0 Å². The average Bonchev–Trinajstić information content (AvgIpc) is 3.67. The summed E-state index contributed by atoms with van der Waals surface area (Å²) in [6, 6.07) is 36.7. The Morgan fingerprint density at radius 2 is 0.829 bits per heavy atom. The molecular formula is C30H20N4O. The number of fused-ring (bicyclic) bond motifs is 2. The van der Waals surface area contributed by atoms with Gasteiger partial charge in [-0.1, -0.05) is 72.8 Å². The molecule has 0 amide bonds. The number of aromatic amines is 2. The number of hydrogen-bond donors (Lipinski definition) is 2. The van der Waals surface area contributed by atoms with Gasteiger partial charge in [0, 0.05) is 22.3 Å². The van der Waals surface area contributed by atoms with Crippen LogP contribution < -0.4 is 0 Å². The van der Waals surface area contributed by atoms with Crippen molar-refractivity contribution in [2.75, 3.05) is 0 Å². The monoisotopic (exact) mass is 452 g/mol. The van der Waals surface area contributed by atoms with Gasteiger partial charge >= 0.3 is 0 Å². The minimum absolute atomic E-state index is 0.831. The maximum atomic E-state index is 6.20. The van der Waals surface area contributed by atoms with Crippen molar-refractivity contribution >= 4 is 22.1 Å². The molecule has 2 N–H and O–H groups in total. The number of furan rings is 1. The van der Waals surface area contributed by atoms with Crippen LogP contribution in [-0.2, 0) is 0 Å². The van der Waals surface area contributed by atoms with Crippen LogP contribution in [0.2, 0.25) is 0 Å². The lowest BCUT2D eigenvalue weighted by molar-refractivity contribution is 0.597. The van der Waals surface area contributed by atoms with Crippen LogP contribution in [0.1, 0.15) is 0 Å². The van der Waals surface area contributed by atoms with Crippen molar-refractivity contribution in [1.82, 2.24) is 19.9 Å². The molecule has 7 rings (SSSR count). The number of rotatable bonds is 4. The Hall–Kier alpha value is -4.90. The molecule has 3 heterocycles. The number of nitrogens with zero attached hydrogens (tertiary/aromatic N) is 2. The van der Waals surface area contributed by atoms with Gasteiger partial charge in [-0.25, -0.2) is 9.97 Å². The molecule has 0 aliphatic heterocycles. The first-order chi connectivity index (χ1) is 17.3. The molecule has 0 aliphatic rings. The molecule has 5 heteroatoms. The van der Waals surface area contributed by atoms with Gasteiger partial charge in [-0.15, -0.1) is 0 Å². The second kappa shape index (κ2) is 7.85. The molecule has 0 saturated carbocycles. The summed E-state index contributed by atoms with van der Waals surface area (Å²) in [5, 5.41) is 0. The number of aromatic nitrogens is 4. The van der Waals surface area contributed by atoms with E-state index in [-0.39, 0.29) is 0 Å². The van der Waals surface area contributed by atoms with Crippen LogP contribution in [0.15, 0.2) is 114 Å². The third-order valence-electron chi connectivity index (χ3n) is 6.27. The fourth-order valence-electron chi connectivity index (χ4n) is 4.41. The predicted molar refractivity (Wildman–Crippen MR) is 140 cm³/mol. The summed E-state index contributed by atoms with van der Waals surface area (Å²) in [5.41, 5.74) is 8.13. The molecule has 0 aliphatic carbocycles. The number of para-hydroxylation sites is 4. The van der Waals surface area contributed by atoms with Crippen LogP contribution in [0, 0.1) is 0 Å². The van der Waals surface area contributed by atoms with Crippen molar-refractivity contribution in [3.05, 3.63) is 109 Å². The summed E-state index contributed by atoms with van der Waals surface area (Å²) in [4.78, 5) is 16.1. The van der Waals surface area contributed by atoms with Gasteiger partial charge in [0.25, 0.3) is 0 Å². The molecule has 0 saturated heterocycles. The maximum absolute atomic E-state index is 6.20. The van der Waals surface area contributed by atoms with E-state index >= 15 is 0 Å². The van der Waals surface area contributed by atoms with E-state index in [4.69, 9.17) is 4.42 Å². The molecule has 0 spiro atoms. The Kier molecular flexibility index (Phi) is 4.39. The summed E-state index contributed by atoms with van der Waals surface area (Å²) >= 11 is 0. The molecule has 0 unspecified atom stereocenters. The first kappa shape index (κ1) is 19.6. The highest BCUT2D eigenvalue weighted by atomic mass is 16.3. The molecule has 166 valence electrons. The van der Waals surface area contributed by atoms with Crippen molar-refractivity contribution in [2.24, 2.45) is 0 Å². The number of benzene rings is 4. The summed E-state index contributed by atoms with van der Waals surface area (Å²) in [5.74, 6) is 3.39. The normalized spacial score (nSPS) is 11.4. The highest BCUT2D eigenvalue weighted by molar-refractivity contribution is 5.81. The molecule has 0 fully saturated rings. The number of H-pyrrole nitrogens is 2. The number of hydrogen-bond acceptors (Lipinski definition) is 3. The lowest BCUT2D eigenvalue weighted by Crippen LogP contribution is -1.81. The average molecular weight is 453 g/mol. The van der Waals surface area contributed by atoms with Crippen molar-refractivity contribution in [1.29, 1.82) is 0 Å². The van der Waals surface area contributed by atoms with E-state index in [1.807, 2.05) is 60.7 Å². The van der Waals surface area contributed by atoms with E-state index in [0.29, 0.717) is 0 Å². The Morgan fingerprint density at radius 3 is 1.26 bits per heavy atom. The summed E-state index contributed by atoms with van der Waals surface area (Å²) in [6.07, 6.45) is 0. The molecule has 4 aromatic carbocycles. The van der Waals surface area contributed by atoms with Gasteiger partial charge in [0.1, 0.15) is 23.2 Å². The van der Waals surface area contributed by atoms with Gasteiger partial charge in [-0.2, -0.15) is 0 Å². The zero-order chi connectivity index (χ0) is 23.2. The summed E-state index contributed by atoms with van der Waals surface area (Å²) in [7, 11) is 0. The van der Waals surface area contributed by atoms with Crippen molar-refractivity contribution < 1.29 is 4.42 Å². The van der Waals surface area contributed by atoms with Gasteiger partial charge < -0.3 is 14.4 Å². The standard InChI is InChI=1S/C30H20N4O/c1-2-6-24-23(5-1)31-29(32-24)21-13-9-19(10-14-21)27-17-18-28(35-27)20-11-15-22(16-12-20)30-33-25-7-3-4-8-26(25)34-30/h1-18H,(H,31,32)(H,33,34). The van der Waals surface area contributed by atoms with Crippen LogP contribution in [0.5, 0.6) is 0 Å². The molecule has 7 aromatic rings. The Bertz CT molecular complexity index is 1590. The SMILES string of the molecule is c1ccc2[nH]c(-c3ccc(-c4ccc(-c5ccc(-c6nc7ccccc7[nH]6)cc5)o4)cc3)nc2c1. The molecule has 3 aromatic heterocycles. The molecular weight excluding hydrogens is 432 g/mol. The first-order valence-corrected chi connectivity index (χ1v) is 11.5. The Morgan fingerprint density at radius 1 is 0.429 bits per heavy atom. The Labute approximate surface area is 201 Å². The van der Waals surface area contributed by atoms with E-state index in [0.717, 1.165) is 67.5 Å². The van der Waals surface area contributed by atoms with Crippen LogP contribution >= 0.6 is 0 Å². The molecule has 0 bridgehead atoms. The van der Waals surface area contributed by atoms with E-state index in [1.165, 1.54) is 0 Å². The van der Waals surface area contributed by atoms with Gasteiger partial charge in [-0.3, -0.25) is 0 Å². The second-order valence-electron chi connectivity index (χ2n) is 8.52. The Balaban J connectivity index is 1.13. The number of nitrogens with one attached hydrogen (secondary N) is 2. The highest BCUT2D eigenvalue weighted by Crippen LogP contribution is 2.31. The topological polar surface area (TPSA) is 70.5 Å². The minimum Gasteiger partial charge on any atom is -0.456 e. The lowest BCUT2D eigenvalue weighted by atomic mass is 10.1. The molecule has 35 heavy (non-hydrogen) atoms. The van der Waals surface area contributed by atoms with Crippen LogP contribution in [0.3, 0.4) is 0 Å². The van der Waals surface area contributed by atoms with Gasteiger partial charge in [-0.05, 0) is 36.4 Å². The largest absolute Gasteiger partial charge is 0.456 e. The molecule has 5 nitrogen and oxygen atoms in total. The first-order valence-electron chi connectivity index (χ1n) is 11.5. The zero-order valence-electron chi connectivity index (χ0n) is 18.7. The predicted octanol–water partition coefficient (Wildman–Crippen LogP) is 7.70. The van der Waals surface area contributed by atoms with Crippen molar-refractivity contribution in [3.8, 4) is 45.4 Å². The zero-order valence-corrected chi connectivity index (χ0v) is 18.7. The third kappa shape index (κ3) is 3.50. The van der Waals surface area contributed by atoms with E-state index in [9.17, 15) is 0 Å². The third-order valence-corrected chi connectivity index (χ3v) is 6.27.